The largest absolute Gasteiger partial charge is 0.435 e. The minimum absolute atomic E-state index is 0.00736. The van der Waals surface area contributed by atoms with Crippen LogP contribution in [0.2, 0.25) is 0 Å². The Balaban J connectivity index is 2.55. The average molecular weight is 233 g/mol. The topological polar surface area (TPSA) is 29.9 Å². The molecule has 0 unspecified atom stereocenters. The molecule has 0 bridgehead atoms. The van der Waals surface area contributed by atoms with Crippen molar-refractivity contribution in [1.29, 1.82) is 0 Å². The van der Waals surface area contributed by atoms with Gasteiger partial charge in [-0.25, -0.2) is 4.98 Å². The summed E-state index contributed by atoms with van der Waals surface area (Å²) in [7, 11) is 0. The molecule has 0 aliphatic carbocycles. The summed E-state index contributed by atoms with van der Waals surface area (Å²) in [6, 6.07) is 0. The molecular formula is C10H14F3N3. The van der Waals surface area contributed by atoms with Gasteiger partial charge in [-0.05, 0) is 0 Å². The Morgan fingerprint density at radius 1 is 1.38 bits per heavy atom. The summed E-state index contributed by atoms with van der Waals surface area (Å²) < 4.78 is 39.9. The molecule has 0 aromatic carbocycles. The smallest absolute Gasteiger partial charge is 0.329 e. The van der Waals surface area contributed by atoms with Crippen LogP contribution in [0.4, 0.5) is 13.2 Å². The molecular weight excluding hydrogens is 219 g/mol. The maximum Gasteiger partial charge on any atom is 0.435 e. The molecule has 2 rings (SSSR count). The lowest BCUT2D eigenvalue weighted by Gasteiger charge is -2.19. The van der Waals surface area contributed by atoms with Gasteiger partial charge in [-0.3, -0.25) is 0 Å². The summed E-state index contributed by atoms with van der Waals surface area (Å²) in [6.07, 6.45) is -4.36. The van der Waals surface area contributed by atoms with Crippen LogP contribution in [-0.2, 0) is 19.3 Å². The summed E-state index contributed by atoms with van der Waals surface area (Å²) in [5.41, 5.74) is -0.467. The van der Waals surface area contributed by atoms with E-state index in [-0.39, 0.29) is 18.2 Å². The van der Waals surface area contributed by atoms with Crippen molar-refractivity contribution < 1.29 is 13.2 Å². The Kier molecular flexibility index (Phi) is 2.69. The van der Waals surface area contributed by atoms with Gasteiger partial charge < -0.3 is 9.88 Å². The van der Waals surface area contributed by atoms with E-state index in [1.165, 1.54) is 0 Å². The van der Waals surface area contributed by atoms with Crippen LogP contribution in [0.15, 0.2) is 0 Å². The van der Waals surface area contributed by atoms with Crippen molar-refractivity contribution in [2.75, 3.05) is 6.54 Å². The third-order valence-electron chi connectivity index (χ3n) is 2.69. The van der Waals surface area contributed by atoms with Crippen molar-refractivity contribution in [3.8, 4) is 0 Å². The molecule has 0 atom stereocenters. The van der Waals surface area contributed by atoms with E-state index >= 15 is 0 Å². The minimum atomic E-state index is -4.36. The maximum absolute atomic E-state index is 12.7. The fraction of sp³-hybridized carbons (Fsp3) is 0.700. The highest BCUT2D eigenvalue weighted by Gasteiger charge is 2.39. The van der Waals surface area contributed by atoms with Crippen molar-refractivity contribution >= 4 is 0 Å². The van der Waals surface area contributed by atoms with E-state index in [0.717, 1.165) is 0 Å². The molecule has 0 spiro atoms. The van der Waals surface area contributed by atoms with Gasteiger partial charge in [-0.2, -0.15) is 13.2 Å². The summed E-state index contributed by atoms with van der Waals surface area (Å²) in [4.78, 5) is 3.76. The fourth-order valence-corrected chi connectivity index (χ4v) is 2.00. The number of aromatic nitrogens is 2. The molecule has 16 heavy (non-hydrogen) atoms. The van der Waals surface area contributed by atoms with E-state index in [0.29, 0.717) is 18.9 Å². The third-order valence-corrected chi connectivity index (χ3v) is 2.69. The van der Waals surface area contributed by atoms with Gasteiger partial charge in [-0.1, -0.05) is 13.8 Å². The highest BCUT2D eigenvalue weighted by molar-refractivity contribution is 5.23. The first-order chi connectivity index (χ1) is 7.41. The first kappa shape index (κ1) is 11.4. The van der Waals surface area contributed by atoms with E-state index in [2.05, 4.69) is 10.3 Å². The molecule has 1 aromatic rings. The summed E-state index contributed by atoms with van der Waals surface area (Å²) in [5, 5.41) is 2.94. The Morgan fingerprint density at radius 2 is 2.06 bits per heavy atom. The first-order valence-electron chi connectivity index (χ1n) is 5.28. The van der Waals surface area contributed by atoms with Gasteiger partial charge in [0, 0.05) is 25.6 Å². The van der Waals surface area contributed by atoms with Gasteiger partial charge in [0.25, 0.3) is 0 Å². The van der Waals surface area contributed by atoms with Crippen LogP contribution in [0.1, 0.15) is 37.0 Å². The molecule has 1 aliphatic rings. The number of nitrogens with zero attached hydrogens (tertiary/aromatic N) is 2. The molecule has 90 valence electrons. The van der Waals surface area contributed by atoms with Gasteiger partial charge in [0.1, 0.15) is 5.82 Å². The van der Waals surface area contributed by atoms with E-state index in [9.17, 15) is 13.2 Å². The lowest BCUT2D eigenvalue weighted by Crippen LogP contribution is -2.30. The number of rotatable bonds is 1. The second-order valence-corrected chi connectivity index (χ2v) is 4.25. The van der Waals surface area contributed by atoms with Crippen LogP contribution in [0.25, 0.3) is 0 Å². The number of nitrogens with one attached hydrogen (secondary N) is 1. The number of alkyl halides is 3. The zero-order valence-corrected chi connectivity index (χ0v) is 9.23. The Hall–Kier alpha value is -1.04. The summed E-state index contributed by atoms with van der Waals surface area (Å²) >= 11 is 0. The monoisotopic (exact) mass is 233 g/mol. The second-order valence-electron chi connectivity index (χ2n) is 4.25. The zero-order valence-electron chi connectivity index (χ0n) is 9.23. The van der Waals surface area contributed by atoms with Crippen LogP contribution < -0.4 is 5.32 Å². The van der Waals surface area contributed by atoms with E-state index in [1.54, 1.807) is 4.57 Å². The molecule has 6 heteroatoms. The summed E-state index contributed by atoms with van der Waals surface area (Å²) in [5.74, 6) is 0.539. The lowest BCUT2D eigenvalue weighted by atomic mass is 10.2. The molecule has 3 nitrogen and oxygen atoms in total. The first-order valence-corrected chi connectivity index (χ1v) is 5.28. The molecule has 0 saturated carbocycles. The van der Waals surface area contributed by atoms with Crippen LogP contribution in [0.3, 0.4) is 0 Å². The molecule has 2 heterocycles. The predicted molar refractivity (Wildman–Crippen MR) is 53.0 cm³/mol. The van der Waals surface area contributed by atoms with Crippen molar-refractivity contribution in [1.82, 2.24) is 14.9 Å². The normalized spacial score (nSPS) is 16.6. The van der Waals surface area contributed by atoms with Crippen LogP contribution in [-0.4, -0.2) is 16.1 Å². The highest BCUT2D eigenvalue weighted by atomic mass is 19.4. The molecule has 0 saturated heterocycles. The zero-order chi connectivity index (χ0) is 11.9. The number of imidazole rings is 1. The Bertz CT molecular complexity index is 393. The van der Waals surface area contributed by atoms with E-state index < -0.39 is 11.9 Å². The van der Waals surface area contributed by atoms with Crippen molar-refractivity contribution in [3.63, 3.8) is 0 Å². The van der Waals surface area contributed by atoms with Gasteiger partial charge in [0.2, 0.25) is 0 Å². The van der Waals surface area contributed by atoms with Crippen molar-refractivity contribution in [2.45, 2.75) is 39.0 Å². The number of fused-ring (bicyclic) bond motifs is 1. The number of halogens is 3. The molecule has 1 aromatic heterocycles. The quantitative estimate of drug-likeness (QED) is 0.805. The number of hydrogen-bond donors (Lipinski definition) is 1. The third kappa shape index (κ3) is 1.81. The van der Waals surface area contributed by atoms with E-state index in [1.807, 2.05) is 13.8 Å². The SMILES string of the molecule is CC(C)c1nc(C(F)(F)F)c2n1CCNC2. The molecule has 0 amide bonds. The minimum Gasteiger partial charge on any atom is -0.329 e. The van der Waals surface area contributed by atoms with Crippen LogP contribution in [0, 0.1) is 0 Å². The number of hydrogen-bond acceptors (Lipinski definition) is 2. The summed E-state index contributed by atoms with van der Waals surface area (Å²) in [6.45, 7) is 5.22. The molecule has 1 N–H and O–H groups in total. The van der Waals surface area contributed by atoms with Gasteiger partial charge in [-0.15, -0.1) is 0 Å². The maximum atomic E-state index is 12.7. The standard InChI is InChI=1S/C10H14F3N3/c1-6(2)9-15-8(10(11,12)13)7-5-14-3-4-16(7)9/h6,14H,3-5H2,1-2H3. The van der Waals surface area contributed by atoms with Crippen molar-refractivity contribution in [2.24, 2.45) is 0 Å². The molecule has 0 fully saturated rings. The van der Waals surface area contributed by atoms with Crippen LogP contribution in [0.5, 0.6) is 0 Å². The van der Waals surface area contributed by atoms with Crippen LogP contribution >= 0.6 is 0 Å². The van der Waals surface area contributed by atoms with E-state index in [4.69, 9.17) is 0 Å². The van der Waals surface area contributed by atoms with Gasteiger partial charge in [0.05, 0.1) is 5.69 Å². The average Bonchev–Trinajstić information content (AvgIpc) is 2.56. The Morgan fingerprint density at radius 3 is 2.62 bits per heavy atom. The predicted octanol–water partition coefficient (Wildman–Crippen LogP) is 2.13. The molecule has 1 aliphatic heterocycles. The van der Waals surface area contributed by atoms with Gasteiger partial charge in [0.15, 0.2) is 5.69 Å². The fourth-order valence-electron chi connectivity index (χ4n) is 2.00. The van der Waals surface area contributed by atoms with Gasteiger partial charge >= 0.3 is 6.18 Å². The lowest BCUT2D eigenvalue weighted by molar-refractivity contribution is -0.141. The Labute approximate surface area is 91.7 Å². The second kappa shape index (κ2) is 3.76. The molecule has 0 radical (unpaired) electrons. The highest BCUT2D eigenvalue weighted by Crippen LogP contribution is 2.34. The van der Waals surface area contributed by atoms with Crippen molar-refractivity contribution in [3.05, 3.63) is 17.2 Å².